The summed E-state index contributed by atoms with van der Waals surface area (Å²) < 4.78 is 0.773. The summed E-state index contributed by atoms with van der Waals surface area (Å²) in [4.78, 5) is 0. The molecule has 0 fully saturated rings. The molecular weight excluding hydrogens is 354 g/mol. The van der Waals surface area contributed by atoms with Crippen LogP contribution in [0.1, 0.15) is 23.7 Å². The summed E-state index contributed by atoms with van der Waals surface area (Å²) in [6.07, 6.45) is 1.66. The molecule has 0 aromatic heterocycles. The van der Waals surface area contributed by atoms with Gasteiger partial charge in [-0.15, -0.1) is 17.0 Å². The molecule has 0 aliphatic heterocycles. The molecule has 0 aliphatic rings. The fourth-order valence-corrected chi connectivity index (χ4v) is 2.72. The lowest BCUT2D eigenvalue weighted by molar-refractivity contribution is -0.894. The van der Waals surface area contributed by atoms with Crippen LogP contribution in [-0.4, -0.2) is 41.9 Å². The minimum absolute atomic E-state index is 0. The van der Waals surface area contributed by atoms with Crippen LogP contribution in [-0.2, 0) is 6.42 Å². The largest absolute Gasteiger partial charge is 0.508 e. The van der Waals surface area contributed by atoms with E-state index in [0.29, 0.717) is 6.54 Å². The molecule has 0 saturated carbocycles. The molecule has 0 bridgehead atoms. The standard InChI is InChI=1S/C19H25NO2.BrH/c1-20(2,14-6-9-16-7-4-3-5-8-16)15-19(22)17-10-12-18(21)13-11-17;/h3-5,7-8,10-13,19,22H,6,9,14-15H2,1-2H3;1H/p+1. The minimum atomic E-state index is -0.507. The molecule has 1 atom stereocenters. The van der Waals surface area contributed by atoms with E-state index >= 15 is 0 Å². The van der Waals surface area contributed by atoms with Crippen molar-refractivity contribution in [2.45, 2.75) is 18.9 Å². The van der Waals surface area contributed by atoms with E-state index in [4.69, 9.17) is 0 Å². The van der Waals surface area contributed by atoms with Crippen LogP contribution in [0.2, 0.25) is 0 Å². The molecule has 4 heteroatoms. The smallest absolute Gasteiger partial charge is 0.128 e. The molecular formula is C19H27BrNO2+. The van der Waals surface area contributed by atoms with E-state index in [-0.39, 0.29) is 22.7 Å². The Balaban J connectivity index is 0.00000264. The SMILES string of the molecule is Br.C[N+](C)(CCCc1ccccc1)CC(O)c1ccc(O)cc1. The number of likely N-dealkylation sites (N-methyl/N-ethyl adjacent to an activating group) is 1. The zero-order valence-corrected chi connectivity index (χ0v) is 15.6. The fourth-order valence-electron chi connectivity index (χ4n) is 2.72. The van der Waals surface area contributed by atoms with Crippen LogP contribution in [0, 0.1) is 0 Å². The molecule has 0 heterocycles. The second kappa shape index (κ2) is 9.06. The van der Waals surface area contributed by atoms with Gasteiger partial charge in [-0.25, -0.2) is 0 Å². The zero-order valence-electron chi connectivity index (χ0n) is 13.9. The molecule has 3 nitrogen and oxygen atoms in total. The fraction of sp³-hybridized carbons (Fsp3) is 0.368. The molecule has 0 spiro atoms. The van der Waals surface area contributed by atoms with Crippen molar-refractivity contribution < 1.29 is 14.7 Å². The highest BCUT2D eigenvalue weighted by atomic mass is 79.9. The number of phenols is 1. The van der Waals surface area contributed by atoms with Gasteiger partial charge in [-0.3, -0.25) is 0 Å². The van der Waals surface area contributed by atoms with Gasteiger partial charge >= 0.3 is 0 Å². The third-order valence-electron chi connectivity index (χ3n) is 4.02. The number of hydrogen-bond acceptors (Lipinski definition) is 2. The van der Waals surface area contributed by atoms with Crippen LogP contribution < -0.4 is 0 Å². The summed E-state index contributed by atoms with van der Waals surface area (Å²) in [6.45, 7) is 1.68. The summed E-state index contributed by atoms with van der Waals surface area (Å²) in [5.41, 5.74) is 2.22. The van der Waals surface area contributed by atoms with Crippen molar-refractivity contribution in [2.24, 2.45) is 0 Å². The lowest BCUT2D eigenvalue weighted by Gasteiger charge is -2.32. The van der Waals surface area contributed by atoms with Gasteiger partial charge in [0.25, 0.3) is 0 Å². The van der Waals surface area contributed by atoms with Crippen LogP contribution in [0.15, 0.2) is 54.6 Å². The Kier molecular flexibility index (Phi) is 7.76. The molecule has 1 unspecified atom stereocenters. The van der Waals surface area contributed by atoms with E-state index in [2.05, 4.69) is 38.4 Å². The molecule has 0 aliphatic carbocycles. The van der Waals surface area contributed by atoms with Gasteiger partial charge < -0.3 is 14.7 Å². The molecule has 2 N–H and O–H groups in total. The number of aliphatic hydroxyl groups excluding tert-OH is 1. The first-order valence-electron chi connectivity index (χ1n) is 7.79. The van der Waals surface area contributed by atoms with Crippen molar-refractivity contribution in [3.8, 4) is 5.75 Å². The minimum Gasteiger partial charge on any atom is -0.508 e. The van der Waals surface area contributed by atoms with Gasteiger partial charge in [-0.05, 0) is 29.7 Å². The summed E-state index contributed by atoms with van der Waals surface area (Å²) in [6, 6.07) is 17.3. The summed E-state index contributed by atoms with van der Waals surface area (Å²) >= 11 is 0. The lowest BCUT2D eigenvalue weighted by atomic mass is 10.1. The summed E-state index contributed by atoms with van der Waals surface area (Å²) in [5.74, 6) is 0.229. The van der Waals surface area contributed by atoms with Gasteiger partial charge in [0.1, 0.15) is 18.4 Å². The number of benzene rings is 2. The topological polar surface area (TPSA) is 40.5 Å². The van der Waals surface area contributed by atoms with Gasteiger partial charge in [0, 0.05) is 6.42 Å². The Hall–Kier alpha value is -1.36. The summed E-state index contributed by atoms with van der Waals surface area (Å²) in [5, 5.41) is 19.7. The van der Waals surface area contributed by atoms with Crippen LogP contribution in [0.5, 0.6) is 5.75 Å². The first-order chi connectivity index (χ1) is 10.5. The van der Waals surface area contributed by atoms with Crippen LogP contribution in [0.4, 0.5) is 0 Å². The van der Waals surface area contributed by atoms with Crippen molar-refractivity contribution in [1.29, 1.82) is 0 Å². The van der Waals surface area contributed by atoms with Gasteiger partial charge in [-0.1, -0.05) is 42.5 Å². The third kappa shape index (κ3) is 6.73. The average Bonchev–Trinajstić information content (AvgIpc) is 2.48. The van der Waals surface area contributed by atoms with E-state index in [1.807, 2.05) is 6.07 Å². The number of aromatic hydroxyl groups is 1. The number of aryl methyl sites for hydroxylation is 1. The summed E-state index contributed by atoms with van der Waals surface area (Å²) in [7, 11) is 4.29. The van der Waals surface area contributed by atoms with Crippen molar-refractivity contribution in [1.82, 2.24) is 0 Å². The molecule has 2 aromatic carbocycles. The van der Waals surface area contributed by atoms with E-state index in [9.17, 15) is 10.2 Å². The molecule has 0 saturated heterocycles. The highest BCUT2D eigenvalue weighted by Crippen LogP contribution is 2.19. The normalized spacial score (nSPS) is 12.5. The molecule has 126 valence electrons. The van der Waals surface area contributed by atoms with Gasteiger partial charge in [0.2, 0.25) is 0 Å². The van der Waals surface area contributed by atoms with Crippen molar-refractivity contribution in [3.63, 3.8) is 0 Å². The van der Waals surface area contributed by atoms with E-state index in [0.717, 1.165) is 29.4 Å². The number of halogens is 1. The first kappa shape index (κ1) is 19.7. The first-order valence-corrected chi connectivity index (χ1v) is 7.79. The van der Waals surface area contributed by atoms with Gasteiger partial charge in [0.05, 0.1) is 20.6 Å². The van der Waals surface area contributed by atoms with Crippen molar-refractivity contribution in [2.75, 3.05) is 27.2 Å². The number of quaternary nitrogens is 1. The number of phenolic OH excluding ortho intramolecular Hbond substituents is 1. The Morgan fingerprint density at radius 1 is 0.957 bits per heavy atom. The molecule has 2 rings (SSSR count). The molecule has 2 aromatic rings. The van der Waals surface area contributed by atoms with Crippen LogP contribution >= 0.6 is 17.0 Å². The van der Waals surface area contributed by atoms with Crippen molar-refractivity contribution in [3.05, 3.63) is 65.7 Å². The quantitative estimate of drug-likeness (QED) is 0.718. The number of aliphatic hydroxyl groups is 1. The zero-order chi connectivity index (χ0) is 16.0. The highest BCUT2D eigenvalue weighted by molar-refractivity contribution is 8.93. The monoisotopic (exact) mass is 380 g/mol. The Morgan fingerprint density at radius 3 is 2.17 bits per heavy atom. The van der Waals surface area contributed by atoms with E-state index in [1.54, 1.807) is 24.3 Å². The number of hydrogen-bond donors (Lipinski definition) is 2. The Bertz CT molecular complexity index is 570. The number of rotatable bonds is 7. The van der Waals surface area contributed by atoms with E-state index < -0.39 is 6.10 Å². The average molecular weight is 381 g/mol. The highest BCUT2D eigenvalue weighted by Gasteiger charge is 2.21. The van der Waals surface area contributed by atoms with Gasteiger partial charge in [0.15, 0.2) is 0 Å². The van der Waals surface area contributed by atoms with Crippen molar-refractivity contribution >= 4 is 17.0 Å². The maximum Gasteiger partial charge on any atom is 0.128 e. The van der Waals surface area contributed by atoms with Gasteiger partial charge in [-0.2, -0.15) is 0 Å². The third-order valence-corrected chi connectivity index (χ3v) is 4.02. The predicted octanol–water partition coefficient (Wildman–Crippen LogP) is 3.71. The molecule has 0 amide bonds. The number of nitrogens with zero attached hydrogens (tertiary/aromatic N) is 1. The lowest BCUT2D eigenvalue weighted by Crippen LogP contribution is -2.43. The molecule has 0 radical (unpaired) electrons. The van der Waals surface area contributed by atoms with Crippen LogP contribution in [0.3, 0.4) is 0 Å². The Morgan fingerprint density at radius 2 is 1.57 bits per heavy atom. The Labute approximate surface area is 149 Å². The maximum absolute atomic E-state index is 10.4. The molecule has 23 heavy (non-hydrogen) atoms. The maximum atomic E-state index is 10.4. The second-order valence-corrected chi connectivity index (χ2v) is 6.54. The predicted molar refractivity (Wildman–Crippen MR) is 100.0 cm³/mol. The van der Waals surface area contributed by atoms with E-state index in [1.165, 1.54) is 5.56 Å². The second-order valence-electron chi connectivity index (χ2n) is 6.54. The van der Waals surface area contributed by atoms with Crippen LogP contribution in [0.25, 0.3) is 0 Å².